The number of hydrogen-bond donors (Lipinski definition) is 2. The van der Waals surface area contributed by atoms with Crippen LogP contribution >= 0.6 is 23.2 Å². The van der Waals surface area contributed by atoms with Gasteiger partial charge in [-0.3, -0.25) is 9.52 Å². The van der Waals surface area contributed by atoms with Gasteiger partial charge in [0.15, 0.2) is 0 Å². The third kappa shape index (κ3) is 3.12. The van der Waals surface area contributed by atoms with Crippen molar-refractivity contribution in [3.8, 4) is 0 Å². The summed E-state index contributed by atoms with van der Waals surface area (Å²) < 4.78 is 39.2. The van der Waals surface area contributed by atoms with Crippen LogP contribution in [0.3, 0.4) is 0 Å². The molecule has 0 unspecified atom stereocenters. The fourth-order valence-electron chi connectivity index (χ4n) is 1.37. The van der Waals surface area contributed by atoms with Gasteiger partial charge in [0.25, 0.3) is 15.6 Å². The van der Waals surface area contributed by atoms with Gasteiger partial charge < -0.3 is 4.98 Å². The smallest absolute Gasteiger partial charge is 0.266 e. The van der Waals surface area contributed by atoms with E-state index in [1.807, 2.05) is 0 Å². The molecule has 0 fully saturated rings. The molecule has 0 aliphatic heterocycles. The summed E-state index contributed by atoms with van der Waals surface area (Å²) in [5.41, 5.74) is -0.519. The van der Waals surface area contributed by atoms with E-state index in [9.17, 15) is 17.6 Å². The van der Waals surface area contributed by atoms with Crippen molar-refractivity contribution in [2.75, 3.05) is 4.72 Å². The number of rotatable bonds is 3. The Hall–Kier alpha value is -1.57. The lowest BCUT2D eigenvalue weighted by molar-refractivity contribution is 0.600. The number of aromatic amines is 1. The molecular formula is C11H7Cl2FN2O3S. The molecule has 0 saturated heterocycles. The average Bonchev–Trinajstić information content (AvgIpc) is 2.37. The molecule has 0 bridgehead atoms. The fraction of sp³-hybridized carbons (Fsp3) is 0. The van der Waals surface area contributed by atoms with Crippen LogP contribution in [0, 0.1) is 5.82 Å². The van der Waals surface area contributed by atoms with Gasteiger partial charge in [-0.25, -0.2) is 12.8 Å². The van der Waals surface area contributed by atoms with Crippen molar-refractivity contribution in [1.29, 1.82) is 0 Å². The maximum absolute atomic E-state index is 13.0. The molecule has 1 heterocycles. The molecule has 1 aromatic carbocycles. The second kappa shape index (κ2) is 5.43. The number of nitrogens with one attached hydrogen (secondary N) is 2. The molecular weight excluding hydrogens is 330 g/mol. The minimum absolute atomic E-state index is 0.0822. The minimum atomic E-state index is -3.97. The van der Waals surface area contributed by atoms with Crippen molar-refractivity contribution in [3.63, 3.8) is 0 Å². The molecule has 2 aromatic rings. The van der Waals surface area contributed by atoms with Crippen molar-refractivity contribution in [2.24, 2.45) is 0 Å². The summed E-state index contributed by atoms with van der Waals surface area (Å²) in [4.78, 5) is 13.0. The Bertz CT molecular complexity index is 821. The lowest BCUT2D eigenvalue weighted by atomic mass is 10.3. The van der Waals surface area contributed by atoms with Gasteiger partial charge in [-0.1, -0.05) is 23.2 Å². The van der Waals surface area contributed by atoms with Crippen molar-refractivity contribution >= 4 is 38.9 Å². The summed E-state index contributed by atoms with van der Waals surface area (Å²) in [6.45, 7) is 0. The second-order valence-electron chi connectivity index (χ2n) is 3.75. The van der Waals surface area contributed by atoms with Crippen LogP contribution in [0.2, 0.25) is 10.0 Å². The van der Waals surface area contributed by atoms with E-state index in [0.29, 0.717) is 0 Å². The van der Waals surface area contributed by atoms with Gasteiger partial charge in [-0.15, -0.1) is 0 Å². The number of hydrogen-bond acceptors (Lipinski definition) is 3. The third-order valence-electron chi connectivity index (χ3n) is 2.31. The SMILES string of the molecule is O=c1[nH]cc(S(=O)(=O)Nc2ccc(F)c(Cl)c2)cc1Cl. The van der Waals surface area contributed by atoms with Crippen LogP contribution in [0.4, 0.5) is 10.1 Å². The number of aromatic nitrogens is 1. The van der Waals surface area contributed by atoms with Crippen molar-refractivity contribution in [2.45, 2.75) is 4.90 Å². The molecule has 0 spiro atoms. The van der Waals surface area contributed by atoms with Gasteiger partial charge in [0, 0.05) is 6.20 Å². The summed E-state index contributed by atoms with van der Waals surface area (Å²) in [6, 6.07) is 4.38. The number of anilines is 1. The van der Waals surface area contributed by atoms with Crippen LogP contribution in [0.1, 0.15) is 0 Å². The Morgan fingerprint density at radius 1 is 1.15 bits per heavy atom. The quantitative estimate of drug-likeness (QED) is 0.904. The highest BCUT2D eigenvalue weighted by molar-refractivity contribution is 7.92. The lowest BCUT2D eigenvalue weighted by Crippen LogP contribution is -2.16. The van der Waals surface area contributed by atoms with Gasteiger partial charge in [-0.05, 0) is 24.3 Å². The molecule has 20 heavy (non-hydrogen) atoms. The Labute approximate surface area is 123 Å². The fourth-order valence-corrected chi connectivity index (χ4v) is 2.83. The van der Waals surface area contributed by atoms with E-state index in [1.165, 1.54) is 6.07 Å². The summed E-state index contributed by atoms with van der Waals surface area (Å²) in [6.07, 6.45) is 1.00. The highest BCUT2D eigenvalue weighted by Crippen LogP contribution is 2.22. The van der Waals surface area contributed by atoms with Crippen LogP contribution in [-0.4, -0.2) is 13.4 Å². The number of pyridine rings is 1. The topological polar surface area (TPSA) is 79.0 Å². The van der Waals surface area contributed by atoms with E-state index in [2.05, 4.69) is 9.71 Å². The summed E-state index contributed by atoms with van der Waals surface area (Å²) in [5, 5.41) is -0.477. The van der Waals surface area contributed by atoms with Crippen molar-refractivity contribution in [3.05, 3.63) is 56.7 Å². The number of H-pyrrole nitrogens is 1. The van der Waals surface area contributed by atoms with Gasteiger partial charge >= 0.3 is 0 Å². The first-order valence-corrected chi connectivity index (χ1v) is 7.39. The Kier molecular flexibility index (Phi) is 4.03. The molecule has 0 saturated carbocycles. The Balaban J connectivity index is 2.37. The highest BCUT2D eigenvalue weighted by atomic mass is 35.5. The van der Waals surface area contributed by atoms with Crippen LogP contribution in [-0.2, 0) is 10.0 Å². The van der Waals surface area contributed by atoms with Gasteiger partial charge in [0.05, 0.1) is 10.7 Å². The largest absolute Gasteiger partial charge is 0.326 e. The molecule has 2 rings (SSSR count). The maximum atomic E-state index is 13.0. The zero-order valence-electron chi connectivity index (χ0n) is 9.65. The van der Waals surface area contributed by atoms with Gasteiger partial charge in [0.1, 0.15) is 15.7 Å². The molecule has 9 heteroatoms. The zero-order valence-corrected chi connectivity index (χ0v) is 12.0. The first-order chi connectivity index (χ1) is 9.29. The number of halogens is 3. The zero-order chi connectivity index (χ0) is 14.9. The van der Waals surface area contributed by atoms with Gasteiger partial charge in [0.2, 0.25) is 0 Å². The molecule has 0 amide bonds. The van der Waals surface area contributed by atoms with Crippen molar-refractivity contribution in [1.82, 2.24) is 4.98 Å². The third-order valence-corrected chi connectivity index (χ3v) is 4.24. The van der Waals surface area contributed by atoms with E-state index >= 15 is 0 Å². The summed E-state index contributed by atoms with van der Waals surface area (Å²) in [5.74, 6) is -0.665. The predicted octanol–water partition coefficient (Wildman–Crippen LogP) is 2.62. The molecule has 106 valence electrons. The Morgan fingerprint density at radius 3 is 2.45 bits per heavy atom. The first-order valence-electron chi connectivity index (χ1n) is 5.16. The summed E-state index contributed by atoms with van der Waals surface area (Å²) >= 11 is 11.1. The second-order valence-corrected chi connectivity index (χ2v) is 6.24. The maximum Gasteiger partial charge on any atom is 0.266 e. The molecule has 5 nitrogen and oxygen atoms in total. The van der Waals surface area contributed by atoms with Gasteiger partial charge in [-0.2, -0.15) is 0 Å². The molecule has 0 atom stereocenters. The molecule has 0 radical (unpaired) electrons. The molecule has 1 aromatic heterocycles. The van der Waals surface area contributed by atoms with E-state index in [1.54, 1.807) is 0 Å². The predicted molar refractivity (Wildman–Crippen MR) is 74.3 cm³/mol. The monoisotopic (exact) mass is 336 g/mol. The normalized spacial score (nSPS) is 11.3. The number of sulfonamides is 1. The molecule has 0 aliphatic carbocycles. The van der Waals surface area contributed by atoms with Crippen LogP contribution in [0.15, 0.2) is 40.2 Å². The first kappa shape index (κ1) is 14.8. The van der Waals surface area contributed by atoms with E-state index < -0.39 is 21.4 Å². The van der Waals surface area contributed by atoms with Crippen LogP contribution < -0.4 is 10.3 Å². The lowest BCUT2D eigenvalue weighted by Gasteiger charge is -2.08. The van der Waals surface area contributed by atoms with Crippen LogP contribution in [0.25, 0.3) is 0 Å². The van der Waals surface area contributed by atoms with E-state index in [4.69, 9.17) is 23.2 Å². The average molecular weight is 337 g/mol. The van der Waals surface area contributed by atoms with Crippen LogP contribution in [0.5, 0.6) is 0 Å². The highest BCUT2D eigenvalue weighted by Gasteiger charge is 2.16. The van der Waals surface area contributed by atoms with Crippen molar-refractivity contribution < 1.29 is 12.8 Å². The molecule has 2 N–H and O–H groups in total. The Morgan fingerprint density at radius 2 is 1.85 bits per heavy atom. The van der Waals surface area contributed by atoms with E-state index in [-0.39, 0.29) is 20.6 Å². The molecule has 0 aliphatic rings. The van der Waals surface area contributed by atoms with E-state index in [0.717, 1.165) is 24.4 Å². The minimum Gasteiger partial charge on any atom is -0.326 e. The number of benzene rings is 1. The summed E-state index contributed by atoms with van der Waals surface area (Å²) in [7, 11) is -3.97. The standard InChI is InChI=1S/C11H7Cl2FN2O3S/c12-8-3-6(1-2-10(8)14)16-20(18,19)7-4-9(13)11(17)15-5-7/h1-5,16H,(H,15,17).